The molecule has 0 bridgehead atoms. The lowest BCUT2D eigenvalue weighted by molar-refractivity contribution is -0.139. The molecule has 1 aromatic carbocycles. The Kier molecular flexibility index (Phi) is 4.17. The topological polar surface area (TPSA) is 64.4 Å². The standard InChI is InChI=1S/C14H18N2O2S/c1-14(6-3-7-18-14)13(17)16-9-10-4-2-5-11(8-10)12(15)19/h2,4-5,8H,3,6-7,9H2,1H3,(H2,15,19)(H,16,17). The smallest absolute Gasteiger partial charge is 0.252 e. The van der Waals surface area contributed by atoms with Gasteiger partial charge in [0.2, 0.25) is 0 Å². The summed E-state index contributed by atoms with van der Waals surface area (Å²) >= 11 is 4.93. The number of rotatable bonds is 4. The highest BCUT2D eigenvalue weighted by molar-refractivity contribution is 7.80. The second-order valence-electron chi connectivity index (χ2n) is 4.93. The second-order valence-corrected chi connectivity index (χ2v) is 5.37. The summed E-state index contributed by atoms with van der Waals surface area (Å²) in [6.45, 7) is 2.94. The predicted octanol–water partition coefficient (Wildman–Crippen LogP) is 1.51. The van der Waals surface area contributed by atoms with Gasteiger partial charge in [-0.1, -0.05) is 30.4 Å². The maximum atomic E-state index is 12.1. The predicted molar refractivity (Wildman–Crippen MR) is 77.8 cm³/mol. The highest BCUT2D eigenvalue weighted by Gasteiger charge is 2.37. The normalized spacial score (nSPS) is 22.2. The molecule has 0 radical (unpaired) electrons. The van der Waals surface area contributed by atoms with E-state index >= 15 is 0 Å². The van der Waals surface area contributed by atoms with E-state index in [1.807, 2.05) is 31.2 Å². The fourth-order valence-corrected chi connectivity index (χ4v) is 2.29. The molecule has 1 aliphatic rings. The molecule has 1 heterocycles. The molecule has 1 fully saturated rings. The fraction of sp³-hybridized carbons (Fsp3) is 0.429. The molecule has 5 heteroatoms. The Hall–Kier alpha value is -1.46. The maximum Gasteiger partial charge on any atom is 0.252 e. The average Bonchev–Trinajstić information content (AvgIpc) is 2.84. The molecule has 1 aliphatic heterocycles. The van der Waals surface area contributed by atoms with Crippen molar-refractivity contribution in [3.63, 3.8) is 0 Å². The number of nitrogens with two attached hydrogens (primary N) is 1. The minimum absolute atomic E-state index is 0.0641. The third-order valence-corrected chi connectivity index (χ3v) is 3.60. The third-order valence-electron chi connectivity index (χ3n) is 3.36. The van der Waals surface area contributed by atoms with Gasteiger partial charge in [0.15, 0.2) is 0 Å². The first-order chi connectivity index (χ1) is 9.01. The van der Waals surface area contributed by atoms with E-state index in [0.29, 0.717) is 18.1 Å². The van der Waals surface area contributed by atoms with Crippen molar-refractivity contribution in [2.75, 3.05) is 6.61 Å². The highest BCUT2D eigenvalue weighted by atomic mass is 32.1. The van der Waals surface area contributed by atoms with Gasteiger partial charge in [-0.25, -0.2) is 0 Å². The molecule has 0 spiro atoms. The van der Waals surface area contributed by atoms with Crippen LogP contribution in [-0.4, -0.2) is 23.1 Å². The van der Waals surface area contributed by atoms with E-state index in [2.05, 4.69) is 5.32 Å². The van der Waals surface area contributed by atoms with Crippen LogP contribution < -0.4 is 11.1 Å². The zero-order valence-corrected chi connectivity index (χ0v) is 11.8. The van der Waals surface area contributed by atoms with Crippen LogP contribution in [0.4, 0.5) is 0 Å². The van der Waals surface area contributed by atoms with Crippen molar-refractivity contribution in [1.29, 1.82) is 0 Å². The number of thiocarbonyl (C=S) groups is 1. The minimum Gasteiger partial charge on any atom is -0.389 e. The molecule has 0 aromatic heterocycles. The van der Waals surface area contributed by atoms with Crippen molar-refractivity contribution >= 4 is 23.1 Å². The van der Waals surface area contributed by atoms with Gasteiger partial charge in [-0.15, -0.1) is 0 Å². The van der Waals surface area contributed by atoms with Gasteiger partial charge in [0, 0.05) is 18.7 Å². The second kappa shape index (κ2) is 5.67. The monoisotopic (exact) mass is 278 g/mol. The van der Waals surface area contributed by atoms with Gasteiger partial charge in [0.1, 0.15) is 10.6 Å². The summed E-state index contributed by atoms with van der Waals surface area (Å²) < 4.78 is 5.50. The Labute approximate surface area is 118 Å². The van der Waals surface area contributed by atoms with Gasteiger partial charge < -0.3 is 15.8 Å². The van der Waals surface area contributed by atoms with Crippen molar-refractivity contribution in [3.05, 3.63) is 35.4 Å². The Morgan fingerprint density at radius 1 is 1.58 bits per heavy atom. The quantitative estimate of drug-likeness (QED) is 0.819. The van der Waals surface area contributed by atoms with Gasteiger partial charge in [0.05, 0.1) is 0 Å². The molecule has 102 valence electrons. The molecule has 1 atom stereocenters. The maximum absolute atomic E-state index is 12.1. The molecule has 0 saturated carbocycles. The minimum atomic E-state index is -0.680. The number of amides is 1. The zero-order chi connectivity index (χ0) is 13.9. The van der Waals surface area contributed by atoms with Crippen molar-refractivity contribution < 1.29 is 9.53 Å². The van der Waals surface area contributed by atoms with E-state index in [-0.39, 0.29) is 5.91 Å². The Morgan fingerprint density at radius 2 is 2.37 bits per heavy atom. The van der Waals surface area contributed by atoms with E-state index < -0.39 is 5.60 Å². The largest absolute Gasteiger partial charge is 0.389 e. The van der Waals surface area contributed by atoms with Crippen LogP contribution >= 0.6 is 12.2 Å². The zero-order valence-electron chi connectivity index (χ0n) is 10.9. The SMILES string of the molecule is CC1(C(=O)NCc2cccc(C(N)=S)c2)CCCO1. The summed E-state index contributed by atoms with van der Waals surface area (Å²) in [5.41, 5.74) is 6.69. The Morgan fingerprint density at radius 3 is 3.00 bits per heavy atom. The fourth-order valence-electron chi connectivity index (χ4n) is 2.16. The molecule has 0 aliphatic carbocycles. The number of hydrogen-bond acceptors (Lipinski definition) is 3. The van der Waals surface area contributed by atoms with Crippen LogP contribution in [0.15, 0.2) is 24.3 Å². The van der Waals surface area contributed by atoms with Gasteiger partial charge in [-0.05, 0) is 31.4 Å². The summed E-state index contributed by atoms with van der Waals surface area (Å²) in [4.78, 5) is 12.4. The molecular weight excluding hydrogens is 260 g/mol. The lowest BCUT2D eigenvalue weighted by Crippen LogP contribution is -2.43. The molecule has 1 unspecified atom stereocenters. The van der Waals surface area contributed by atoms with Crippen LogP contribution in [0.25, 0.3) is 0 Å². The molecule has 2 rings (SSSR count). The van der Waals surface area contributed by atoms with Crippen LogP contribution in [0.5, 0.6) is 0 Å². The summed E-state index contributed by atoms with van der Waals surface area (Å²) in [6.07, 6.45) is 1.70. The number of ether oxygens (including phenoxy) is 1. The number of benzene rings is 1. The van der Waals surface area contributed by atoms with Crippen molar-refractivity contribution in [1.82, 2.24) is 5.32 Å². The van der Waals surface area contributed by atoms with Crippen molar-refractivity contribution in [2.24, 2.45) is 5.73 Å². The molecule has 19 heavy (non-hydrogen) atoms. The van der Waals surface area contributed by atoms with Crippen LogP contribution in [0.2, 0.25) is 0 Å². The summed E-state index contributed by atoms with van der Waals surface area (Å²) in [5, 5.41) is 2.90. The molecule has 4 nitrogen and oxygen atoms in total. The summed E-state index contributed by atoms with van der Waals surface area (Å²) in [6, 6.07) is 7.55. The Balaban J connectivity index is 1.97. The van der Waals surface area contributed by atoms with E-state index in [4.69, 9.17) is 22.7 Å². The number of hydrogen-bond donors (Lipinski definition) is 2. The third kappa shape index (κ3) is 3.30. The molecular formula is C14H18N2O2S. The van der Waals surface area contributed by atoms with Crippen LogP contribution in [-0.2, 0) is 16.1 Å². The molecule has 1 aromatic rings. The van der Waals surface area contributed by atoms with Gasteiger partial charge >= 0.3 is 0 Å². The first-order valence-corrected chi connectivity index (χ1v) is 6.73. The first-order valence-electron chi connectivity index (χ1n) is 6.32. The van der Waals surface area contributed by atoms with Gasteiger partial charge in [0.25, 0.3) is 5.91 Å². The Bertz CT molecular complexity index is 496. The average molecular weight is 278 g/mol. The van der Waals surface area contributed by atoms with Gasteiger partial charge in [-0.2, -0.15) is 0 Å². The first kappa shape index (κ1) is 14.0. The van der Waals surface area contributed by atoms with E-state index in [1.165, 1.54) is 0 Å². The van der Waals surface area contributed by atoms with Crippen molar-refractivity contribution in [3.8, 4) is 0 Å². The highest BCUT2D eigenvalue weighted by Crippen LogP contribution is 2.25. The van der Waals surface area contributed by atoms with Crippen LogP contribution in [0.1, 0.15) is 30.9 Å². The number of nitrogens with one attached hydrogen (secondary N) is 1. The van der Waals surface area contributed by atoms with Crippen LogP contribution in [0, 0.1) is 0 Å². The number of carbonyl (C=O) groups excluding carboxylic acids is 1. The van der Waals surface area contributed by atoms with Crippen molar-refractivity contribution in [2.45, 2.75) is 31.9 Å². The molecule has 1 amide bonds. The summed E-state index contributed by atoms with van der Waals surface area (Å²) in [7, 11) is 0. The molecule has 1 saturated heterocycles. The lowest BCUT2D eigenvalue weighted by atomic mass is 10.0. The summed E-state index contributed by atoms with van der Waals surface area (Å²) in [5.74, 6) is -0.0641. The van der Waals surface area contributed by atoms with E-state index in [9.17, 15) is 4.79 Å². The van der Waals surface area contributed by atoms with E-state index in [0.717, 1.165) is 24.0 Å². The lowest BCUT2D eigenvalue weighted by Gasteiger charge is -2.21. The van der Waals surface area contributed by atoms with E-state index in [1.54, 1.807) is 0 Å². The molecule has 3 N–H and O–H groups in total. The van der Waals surface area contributed by atoms with Crippen LogP contribution in [0.3, 0.4) is 0 Å². The van der Waals surface area contributed by atoms with Gasteiger partial charge in [-0.3, -0.25) is 4.79 Å². The number of carbonyl (C=O) groups is 1.